The molecule has 0 unspecified atom stereocenters. The molecule has 0 radical (unpaired) electrons. The molecule has 1 fully saturated rings. The smallest absolute Gasteiger partial charge is 0.492 e. The Morgan fingerprint density at radius 3 is 2.32 bits per heavy atom. The van der Waals surface area contributed by atoms with E-state index >= 15 is 0 Å². The van der Waals surface area contributed by atoms with Crippen LogP contribution in [0.25, 0.3) is 6.08 Å². The molecule has 0 spiro atoms. The number of alkyl carbamates (subject to hydrolysis) is 1. The number of nitrogens with one attached hydrogen (secondary N) is 1. The summed E-state index contributed by atoms with van der Waals surface area (Å²) in [5.41, 5.74) is -0.496. The highest BCUT2D eigenvalue weighted by Crippen LogP contribution is 2.39. The van der Waals surface area contributed by atoms with Crippen molar-refractivity contribution in [2.45, 2.75) is 65.3 Å². The number of carbonyl (C=O) groups excluding carboxylic acids is 1. The lowest BCUT2D eigenvalue weighted by atomic mass is 9.77. The summed E-state index contributed by atoms with van der Waals surface area (Å²) >= 11 is 5.92. The molecule has 6 nitrogen and oxygen atoms in total. The number of rotatable bonds is 4. The van der Waals surface area contributed by atoms with Gasteiger partial charge >= 0.3 is 13.2 Å². The third-order valence-corrected chi connectivity index (χ3v) is 4.96. The number of aromatic hydroxyl groups is 1. The van der Waals surface area contributed by atoms with Crippen molar-refractivity contribution in [2.24, 2.45) is 0 Å². The van der Waals surface area contributed by atoms with E-state index in [1.165, 1.54) is 6.07 Å². The normalized spacial score (nSPS) is 18.9. The molecule has 0 bridgehead atoms. The number of phenolic OH excluding ortho intramolecular Hbond substituents is 1. The van der Waals surface area contributed by atoms with Crippen molar-refractivity contribution in [3.05, 3.63) is 34.3 Å². The molecule has 0 aromatic heterocycles. The highest BCUT2D eigenvalue weighted by Gasteiger charge is 2.52. The Balaban J connectivity index is 2.28. The quantitative estimate of drug-likeness (QED) is 0.711. The number of hydrogen-bond donors (Lipinski definition) is 2. The SMILES string of the molecule is CC(C)(C)OC(=O)NCC(=Cc1ccc(Cl)cc1O)B1OC(C)(C)C(C)(C)O1. The molecule has 1 aliphatic rings. The summed E-state index contributed by atoms with van der Waals surface area (Å²) in [6, 6.07) is 4.82. The molecule has 0 saturated carbocycles. The average Bonchev–Trinajstić information content (AvgIpc) is 2.71. The predicted molar refractivity (Wildman–Crippen MR) is 111 cm³/mol. The molecule has 1 amide bonds. The van der Waals surface area contributed by atoms with E-state index in [9.17, 15) is 9.90 Å². The van der Waals surface area contributed by atoms with E-state index in [-0.39, 0.29) is 12.3 Å². The van der Waals surface area contributed by atoms with Crippen LogP contribution < -0.4 is 5.32 Å². The van der Waals surface area contributed by atoms with E-state index in [4.69, 9.17) is 25.6 Å². The predicted octanol–water partition coefficient (Wildman–Crippen LogP) is 4.59. The van der Waals surface area contributed by atoms with Gasteiger partial charge in [-0.25, -0.2) is 4.79 Å². The minimum absolute atomic E-state index is 0.0267. The minimum atomic E-state index is -0.685. The largest absolute Gasteiger partial charge is 0.507 e. The Kier molecular flexibility index (Phi) is 6.43. The second-order valence-electron chi connectivity index (χ2n) is 8.87. The lowest BCUT2D eigenvalue weighted by Crippen LogP contribution is -2.41. The third-order valence-electron chi connectivity index (χ3n) is 4.73. The van der Waals surface area contributed by atoms with Crippen LogP contribution in [0.1, 0.15) is 54.0 Å². The molecule has 2 N–H and O–H groups in total. The second kappa shape index (κ2) is 7.97. The molecule has 8 heteroatoms. The van der Waals surface area contributed by atoms with Gasteiger partial charge in [0.2, 0.25) is 0 Å². The van der Waals surface area contributed by atoms with Gasteiger partial charge in [-0.05, 0) is 72.1 Å². The summed E-state index contributed by atoms with van der Waals surface area (Å²) in [6.07, 6.45) is 1.18. The first-order valence-electron chi connectivity index (χ1n) is 9.22. The van der Waals surface area contributed by atoms with Gasteiger partial charge in [0.05, 0.1) is 11.2 Å². The number of hydrogen-bond acceptors (Lipinski definition) is 5. The number of halogens is 1. The summed E-state index contributed by atoms with van der Waals surface area (Å²) in [5.74, 6) is 0.0267. The van der Waals surface area contributed by atoms with E-state index in [2.05, 4.69) is 5.32 Å². The molecule has 1 aromatic carbocycles. The van der Waals surface area contributed by atoms with Crippen LogP contribution in [0, 0.1) is 0 Å². The highest BCUT2D eigenvalue weighted by molar-refractivity contribution is 6.56. The Morgan fingerprint density at radius 1 is 1.25 bits per heavy atom. The molecule has 1 aromatic rings. The fourth-order valence-corrected chi connectivity index (χ4v) is 2.69. The number of phenols is 1. The first-order valence-corrected chi connectivity index (χ1v) is 9.59. The van der Waals surface area contributed by atoms with Crippen molar-refractivity contribution in [1.82, 2.24) is 5.32 Å². The average molecular weight is 410 g/mol. The standard InChI is InChI=1S/C20H29BClNO5/c1-18(2,3)26-17(25)23-12-14(10-13-8-9-15(22)11-16(13)24)21-27-19(4,5)20(6,7)28-21/h8-11,24H,12H2,1-7H3,(H,23,25). The van der Waals surface area contributed by atoms with E-state index in [1.807, 2.05) is 27.7 Å². The number of ether oxygens (including phenoxy) is 1. The third kappa shape index (κ3) is 5.66. The lowest BCUT2D eigenvalue weighted by molar-refractivity contribution is 0.00578. The zero-order chi connectivity index (χ0) is 21.3. The molecule has 0 aliphatic carbocycles. The topological polar surface area (TPSA) is 77.0 Å². The van der Waals surface area contributed by atoms with Crippen LogP contribution in [0.3, 0.4) is 0 Å². The Morgan fingerprint density at radius 2 is 1.82 bits per heavy atom. The van der Waals surface area contributed by atoms with Crippen molar-refractivity contribution < 1.29 is 23.9 Å². The van der Waals surface area contributed by atoms with Crippen molar-refractivity contribution in [3.63, 3.8) is 0 Å². The number of carbonyl (C=O) groups is 1. The Hall–Kier alpha value is -1.70. The van der Waals surface area contributed by atoms with Crippen LogP contribution in [0.4, 0.5) is 4.79 Å². The molecular weight excluding hydrogens is 380 g/mol. The maximum atomic E-state index is 12.1. The van der Waals surface area contributed by atoms with E-state index in [0.717, 1.165) is 0 Å². The Labute approximate surface area is 172 Å². The van der Waals surface area contributed by atoms with Gasteiger partial charge in [0, 0.05) is 17.1 Å². The van der Waals surface area contributed by atoms with Crippen LogP contribution in [-0.4, -0.2) is 41.7 Å². The molecule has 1 heterocycles. The maximum Gasteiger partial charge on any atom is 0.492 e. The maximum absolute atomic E-state index is 12.1. The van der Waals surface area contributed by atoms with Gasteiger partial charge in [0.15, 0.2) is 0 Å². The van der Waals surface area contributed by atoms with Crippen LogP contribution in [0.15, 0.2) is 23.7 Å². The molecule has 0 atom stereocenters. The van der Waals surface area contributed by atoms with Gasteiger partial charge in [-0.15, -0.1) is 0 Å². The molecule has 1 saturated heterocycles. The van der Waals surface area contributed by atoms with Crippen LogP contribution in [0.5, 0.6) is 5.75 Å². The number of amides is 1. The van der Waals surface area contributed by atoms with Crippen LogP contribution in [0.2, 0.25) is 5.02 Å². The van der Waals surface area contributed by atoms with Gasteiger partial charge in [0.25, 0.3) is 0 Å². The summed E-state index contributed by atoms with van der Waals surface area (Å²) in [6.45, 7) is 13.3. The van der Waals surface area contributed by atoms with Crippen molar-refractivity contribution >= 4 is 30.9 Å². The molecule has 28 heavy (non-hydrogen) atoms. The van der Waals surface area contributed by atoms with Gasteiger partial charge < -0.3 is 24.5 Å². The summed E-state index contributed by atoms with van der Waals surface area (Å²) in [7, 11) is -0.685. The molecular formula is C20H29BClNO5. The van der Waals surface area contributed by atoms with E-state index in [0.29, 0.717) is 16.1 Å². The second-order valence-corrected chi connectivity index (χ2v) is 9.30. The molecule has 154 valence electrons. The fourth-order valence-electron chi connectivity index (χ4n) is 2.52. The highest BCUT2D eigenvalue weighted by atomic mass is 35.5. The van der Waals surface area contributed by atoms with Crippen LogP contribution in [-0.2, 0) is 14.0 Å². The van der Waals surface area contributed by atoms with Crippen molar-refractivity contribution in [3.8, 4) is 5.75 Å². The fraction of sp³-hybridized carbons (Fsp3) is 0.550. The van der Waals surface area contributed by atoms with E-state index in [1.54, 1.807) is 39.0 Å². The zero-order valence-corrected chi connectivity index (χ0v) is 18.3. The summed E-state index contributed by atoms with van der Waals surface area (Å²) in [4.78, 5) is 12.1. The van der Waals surface area contributed by atoms with Gasteiger partial charge in [-0.2, -0.15) is 0 Å². The van der Waals surface area contributed by atoms with E-state index < -0.39 is 30.0 Å². The minimum Gasteiger partial charge on any atom is -0.507 e. The van der Waals surface area contributed by atoms with Crippen molar-refractivity contribution in [1.29, 1.82) is 0 Å². The van der Waals surface area contributed by atoms with Crippen LogP contribution >= 0.6 is 11.6 Å². The lowest BCUT2D eigenvalue weighted by Gasteiger charge is -2.32. The zero-order valence-electron chi connectivity index (χ0n) is 17.6. The summed E-state index contributed by atoms with van der Waals surface area (Å²) in [5, 5.41) is 13.4. The monoisotopic (exact) mass is 409 g/mol. The van der Waals surface area contributed by atoms with Gasteiger partial charge in [-0.1, -0.05) is 17.7 Å². The molecule has 2 rings (SSSR count). The van der Waals surface area contributed by atoms with Gasteiger partial charge in [0.1, 0.15) is 11.4 Å². The Bertz CT molecular complexity index is 754. The molecule has 1 aliphatic heterocycles. The number of benzene rings is 1. The van der Waals surface area contributed by atoms with Crippen molar-refractivity contribution in [2.75, 3.05) is 6.54 Å². The first kappa shape index (κ1) is 22.6. The first-order chi connectivity index (χ1) is 12.7. The van der Waals surface area contributed by atoms with Gasteiger partial charge in [-0.3, -0.25) is 0 Å². The summed E-state index contributed by atoms with van der Waals surface area (Å²) < 4.78 is 17.5.